The Balaban J connectivity index is 2.08. The number of carbonyl (C=O) groups is 2. The van der Waals surface area contributed by atoms with E-state index in [0.29, 0.717) is 31.8 Å². The standard InChI is InChI=1S/C27H38N2O2/c1-6-7-18-28-27(31)22(5)29(19-24-10-8-21(4)9-11-24)26(30)17-14-23-12-15-25(16-13-23)20(2)3/h8-13,15-16,20,22H,6-7,14,17-19H2,1-5H3,(H,28,31)/t22-/m1/s1. The van der Waals surface area contributed by atoms with Gasteiger partial charge in [-0.05, 0) is 49.3 Å². The van der Waals surface area contributed by atoms with Crippen LogP contribution in [0.4, 0.5) is 0 Å². The van der Waals surface area contributed by atoms with Gasteiger partial charge in [0.1, 0.15) is 6.04 Å². The first-order valence-electron chi connectivity index (χ1n) is 11.5. The van der Waals surface area contributed by atoms with Crippen LogP contribution in [-0.2, 0) is 22.6 Å². The molecule has 0 unspecified atom stereocenters. The van der Waals surface area contributed by atoms with Crippen molar-refractivity contribution in [3.8, 4) is 0 Å². The SMILES string of the molecule is CCCCNC(=O)[C@@H](C)N(Cc1ccc(C)cc1)C(=O)CCc1ccc(C(C)C)cc1. The first kappa shape index (κ1) is 24.6. The van der Waals surface area contributed by atoms with Gasteiger partial charge in [0.05, 0.1) is 0 Å². The second-order valence-corrected chi connectivity index (χ2v) is 8.72. The monoisotopic (exact) mass is 422 g/mol. The lowest BCUT2D eigenvalue weighted by Gasteiger charge is -2.29. The third-order valence-electron chi connectivity index (χ3n) is 5.74. The van der Waals surface area contributed by atoms with E-state index >= 15 is 0 Å². The van der Waals surface area contributed by atoms with E-state index in [9.17, 15) is 9.59 Å². The molecule has 1 atom stereocenters. The molecule has 0 heterocycles. The van der Waals surface area contributed by atoms with Gasteiger partial charge in [-0.2, -0.15) is 0 Å². The highest BCUT2D eigenvalue weighted by atomic mass is 16.2. The third kappa shape index (κ3) is 7.86. The molecule has 0 saturated carbocycles. The number of aryl methyl sites for hydroxylation is 2. The smallest absolute Gasteiger partial charge is 0.242 e. The minimum Gasteiger partial charge on any atom is -0.354 e. The van der Waals surface area contributed by atoms with Crippen molar-refractivity contribution in [1.82, 2.24) is 10.2 Å². The quantitative estimate of drug-likeness (QED) is 0.494. The maximum Gasteiger partial charge on any atom is 0.242 e. The molecule has 4 nitrogen and oxygen atoms in total. The molecule has 0 radical (unpaired) electrons. The fourth-order valence-corrected chi connectivity index (χ4v) is 3.47. The summed E-state index contributed by atoms with van der Waals surface area (Å²) in [4.78, 5) is 27.6. The maximum atomic E-state index is 13.2. The van der Waals surface area contributed by atoms with E-state index in [2.05, 4.69) is 50.4 Å². The molecule has 2 rings (SSSR count). The highest BCUT2D eigenvalue weighted by Crippen LogP contribution is 2.17. The van der Waals surface area contributed by atoms with Crippen molar-refractivity contribution in [3.05, 3.63) is 70.8 Å². The van der Waals surface area contributed by atoms with Crippen molar-refractivity contribution in [3.63, 3.8) is 0 Å². The Kier molecular flexibility index (Phi) is 9.77. The van der Waals surface area contributed by atoms with Crippen LogP contribution in [0.3, 0.4) is 0 Å². The normalized spacial score (nSPS) is 11.9. The van der Waals surface area contributed by atoms with E-state index < -0.39 is 6.04 Å². The zero-order valence-electron chi connectivity index (χ0n) is 19.8. The van der Waals surface area contributed by atoms with Gasteiger partial charge in [-0.15, -0.1) is 0 Å². The van der Waals surface area contributed by atoms with E-state index in [-0.39, 0.29) is 11.8 Å². The van der Waals surface area contributed by atoms with E-state index in [0.717, 1.165) is 24.0 Å². The Hall–Kier alpha value is -2.62. The van der Waals surface area contributed by atoms with Crippen LogP contribution in [0.2, 0.25) is 0 Å². The zero-order valence-corrected chi connectivity index (χ0v) is 19.8. The average molecular weight is 423 g/mol. The van der Waals surface area contributed by atoms with Gasteiger partial charge in [-0.25, -0.2) is 0 Å². The highest BCUT2D eigenvalue weighted by Gasteiger charge is 2.25. The van der Waals surface area contributed by atoms with E-state index in [4.69, 9.17) is 0 Å². The number of carbonyl (C=O) groups excluding carboxylic acids is 2. The van der Waals surface area contributed by atoms with Crippen LogP contribution >= 0.6 is 0 Å². The van der Waals surface area contributed by atoms with Crippen molar-refractivity contribution >= 4 is 11.8 Å². The van der Waals surface area contributed by atoms with Gasteiger partial charge in [0, 0.05) is 19.5 Å². The van der Waals surface area contributed by atoms with Crippen LogP contribution in [0, 0.1) is 6.92 Å². The molecule has 0 fully saturated rings. The molecule has 2 aromatic carbocycles. The summed E-state index contributed by atoms with van der Waals surface area (Å²) in [7, 11) is 0. The molecule has 0 aliphatic carbocycles. The summed E-state index contributed by atoms with van der Waals surface area (Å²) < 4.78 is 0. The lowest BCUT2D eigenvalue weighted by Crippen LogP contribution is -2.47. The number of nitrogens with zero attached hydrogens (tertiary/aromatic N) is 1. The Morgan fingerprint density at radius 2 is 1.55 bits per heavy atom. The molecule has 2 amide bonds. The second kappa shape index (κ2) is 12.3. The molecule has 1 N–H and O–H groups in total. The van der Waals surface area contributed by atoms with Crippen LogP contribution in [-0.4, -0.2) is 29.3 Å². The Morgan fingerprint density at radius 1 is 0.935 bits per heavy atom. The molecular formula is C27H38N2O2. The predicted molar refractivity (Wildman–Crippen MR) is 128 cm³/mol. The number of nitrogens with one attached hydrogen (secondary N) is 1. The summed E-state index contributed by atoms with van der Waals surface area (Å²) in [5, 5.41) is 2.97. The van der Waals surface area contributed by atoms with Crippen molar-refractivity contribution in [2.75, 3.05) is 6.54 Å². The highest BCUT2D eigenvalue weighted by molar-refractivity contribution is 5.87. The molecular weight excluding hydrogens is 384 g/mol. The minimum absolute atomic E-state index is 0.00616. The molecule has 0 spiro atoms. The minimum atomic E-state index is -0.506. The van der Waals surface area contributed by atoms with Gasteiger partial charge in [0.2, 0.25) is 11.8 Å². The van der Waals surface area contributed by atoms with Crippen LogP contribution in [0.25, 0.3) is 0 Å². The lowest BCUT2D eigenvalue weighted by molar-refractivity contribution is -0.140. The third-order valence-corrected chi connectivity index (χ3v) is 5.74. The molecule has 31 heavy (non-hydrogen) atoms. The van der Waals surface area contributed by atoms with Crippen LogP contribution in [0.1, 0.15) is 75.1 Å². The molecule has 168 valence electrons. The fourth-order valence-electron chi connectivity index (χ4n) is 3.47. The van der Waals surface area contributed by atoms with Gasteiger partial charge in [0.15, 0.2) is 0 Å². The predicted octanol–water partition coefficient (Wildman–Crippen LogP) is 5.38. The zero-order chi connectivity index (χ0) is 22.8. The van der Waals surface area contributed by atoms with E-state index in [1.165, 1.54) is 11.1 Å². The van der Waals surface area contributed by atoms with Crippen molar-refractivity contribution in [2.24, 2.45) is 0 Å². The summed E-state index contributed by atoms with van der Waals surface area (Å²) in [6, 6.07) is 16.1. The molecule has 2 aromatic rings. The number of benzene rings is 2. The summed E-state index contributed by atoms with van der Waals surface area (Å²) in [5.74, 6) is 0.412. The van der Waals surface area contributed by atoms with Crippen LogP contribution in [0.15, 0.2) is 48.5 Å². The fraction of sp³-hybridized carbons (Fsp3) is 0.481. The molecule has 0 saturated heterocycles. The molecule has 0 aliphatic heterocycles. The van der Waals surface area contributed by atoms with Gasteiger partial charge >= 0.3 is 0 Å². The summed E-state index contributed by atoms with van der Waals surface area (Å²) in [6.45, 7) is 11.4. The number of hydrogen-bond acceptors (Lipinski definition) is 2. The number of amides is 2. The maximum absolute atomic E-state index is 13.2. The average Bonchev–Trinajstić information content (AvgIpc) is 2.77. The van der Waals surface area contributed by atoms with Crippen LogP contribution < -0.4 is 5.32 Å². The van der Waals surface area contributed by atoms with Crippen molar-refractivity contribution in [1.29, 1.82) is 0 Å². The van der Waals surface area contributed by atoms with Crippen molar-refractivity contribution < 1.29 is 9.59 Å². The second-order valence-electron chi connectivity index (χ2n) is 8.72. The first-order chi connectivity index (χ1) is 14.8. The first-order valence-corrected chi connectivity index (χ1v) is 11.5. The molecule has 4 heteroatoms. The van der Waals surface area contributed by atoms with Gasteiger partial charge < -0.3 is 10.2 Å². The summed E-state index contributed by atoms with van der Waals surface area (Å²) in [6.07, 6.45) is 3.03. The Bertz CT molecular complexity index is 825. The number of hydrogen-bond donors (Lipinski definition) is 1. The van der Waals surface area contributed by atoms with Gasteiger partial charge in [0.25, 0.3) is 0 Å². The van der Waals surface area contributed by atoms with Crippen LogP contribution in [0.5, 0.6) is 0 Å². The Morgan fingerprint density at radius 3 is 2.13 bits per heavy atom. The molecule has 0 aliphatic rings. The number of rotatable bonds is 11. The van der Waals surface area contributed by atoms with Gasteiger partial charge in [-0.3, -0.25) is 9.59 Å². The number of unbranched alkanes of at least 4 members (excludes halogenated alkanes) is 1. The Labute approximate surface area is 188 Å². The van der Waals surface area contributed by atoms with Crippen molar-refractivity contribution in [2.45, 2.75) is 78.8 Å². The van der Waals surface area contributed by atoms with E-state index in [1.54, 1.807) is 4.90 Å². The summed E-state index contributed by atoms with van der Waals surface area (Å²) >= 11 is 0. The van der Waals surface area contributed by atoms with Gasteiger partial charge in [-0.1, -0.05) is 81.3 Å². The lowest BCUT2D eigenvalue weighted by atomic mass is 10.00. The molecule has 0 bridgehead atoms. The molecule has 0 aromatic heterocycles. The largest absolute Gasteiger partial charge is 0.354 e. The van der Waals surface area contributed by atoms with E-state index in [1.807, 2.05) is 38.1 Å². The summed E-state index contributed by atoms with van der Waals surface area (Å²) in [5.41, 5.74) is 4.66. The topological polar surface area (TPSA) is 49.4 Å².